The molecule has 0 aliphatic rings. The highest BCUT2D eigenvalue weighted by Crippen LogP contribution is 2.15. The molecule has 1 aromatic carbocycles. The molecule has 0 bridgehead atoms. The SMILES string of the molecule is Cc1cc(O)ccc1C(=O)NC[C@@H](C)O. The van der Waals surface area contributed by atoms with E-state index in [9.17, 15) is 4.79 Å². The van der Waals surface area contributed by atoms with Crippen LogP contribution < -0.4 is 5.32 Å². The lowest BCUT2D eigenvalue weighted by atomic mass is 10.1. The minimum absolute atomic E-state index is 0.138. The Bertz CT molecular complexity index is 361. The summed E-state index contributed by atoms with van der Waals surface area (Å²) in [5.74, 6) is -0.104. The predicted octanol–water partition coefficient (Wildman–Crippen LogP) is 0.811. The van der Waals surface area contributed by atoms with Gasteiger partial charge in [-0.05, 0) is 37.6 Å². The van der Waals surface area contributed by atoms with Crippen LogP contribution in [0.25, 0.3) is 0 Å². The number of hydrogen-bond acceptors (Lipinski definition) is 3. The Morgan fingerprint density at radius 1 is 1.53 bits per heavy atom. The molecule has 0 aromatic heterocycles. The van der Waals surface area contributed by atoms with Gasteiger partial charge in [-0.15, -0.1) is 0 Å². The van der Waals surface area contributed by atoms with Crippen LogP contribution in [0.15, 0.2) is 18.2 Å². The Hall–Kier alpha value is -1.55. The summed E-state index contributed by atoms with van der Waals surface area (Å²) < 4.78 is 0. The van der Waals surface area contributed by atoms with Crippen molar-refractivity contribution < 1.29 is 15.0 Å². The molecule has 1 aromatic rings. The van der Waals surface area contributed by atoms with Gasteiger partial charge in [-0.25, -0.2) is 0 Å². The highest BCUT2D eigenvalue weighted by atomic mass is 16.3. The normalized spacial score (nSPS) is 12.2. The molecule has 0 radical (unpaired) electrons. The van der Waals surface area contributed by atoms with Crippen LogP contribution in [0.5, 0.6) is 5.75 Å². The van der Waals surface area contributed by atoms with E-state index in [1.54, 1.807) is 19.9 Å². The Morgan fingerprint density at radius 3 is 2.73 bits per heavy atom. The maximum Gasteiger partial charge on any atom is 0.251 e. The van der Waals surface area contributed by atoms with Crippen LogP contribution in [0.2, 0.25) is 0 Å². The van der Waals surface area contributed by atoms with Crippen molar-refractivity contribution in [1.82, 2.24) is 5.32 Å². The molecular weight excluding hydrogens is 194 g/mol. The molecule has 4 nitrogen and oxygen atoms in total. The highest BCUT2D eigenvalue weighted by molar-refractivity contribution is 5.95. The first kappa shape index (κ1) is 11.5. The van der Waals surface area contributed by atoms with Crippen molar-refractivity contribution in [3.8, 4) is 5.75 Å². The highest BCUT2D eigenvalue weighted by Gasteiger charge is 2.09. The van der Waals surface area contributed by atoms with Crippen molar-refractivity contribution in [2.75, 3.05) is 6.54 Å². The Kier molecular flexibility index (Phi) is 3.68. The number of carbonyl (C=O) groups excluding carboxylic acids is 1. The van der Waals surface area contributed by atoms with Crippen molar-refractivity contribution in [3.05, 3.63) is 29.3 Å². The molecule has 1 atom stereocenters. The molecule has 1 rings (SSSR count). The molecule has 0 fully saturated rings. The first-order chi connectivity index (χ1) is 7.00. The van der Waals surface area contributed by atoms with Crippen molar-refractivity contribution in [2.45, 2.75) is 20.0 Å². The van der Waals surface area contributed by atoms with Crippen molar-refractivity contribution in [1.29, 1.82) is 0 Å². The van der Waals surface area contributed by atoms with Crippen LogP contribution in [0.1, 0.15) is 22.8 Å². The Labute approximate surface area is 88.6 Å². The molecule has 0 unspecified atom stereocenters. The van der Waals surface area contributed by atoms with Gasteiger partial charge < -0.3 is 15.5 Å². The number of phenolic OH excluding ortho intramolecular Hbond substituents is 1. The van der Waals surface area contributed by atoms with Crippen LogP contribution in [0.4, 0.5) is 0 Å². The average Bonchev–Trinajstić information content (AvgIpc) is 2.14. The van der Waals surface area contributed by atoms with Crippen molar-refractivity contribution in [3.63, 3.8) is 0 Å². The summed E-state index contributed by atoms with van der Waals surface area (Å²) in [6.45, 7) is 3.57. The van der Waals surface area contributed by atoms with Gasteiger partial charge in [0.15, 0.2) is 0 Å². The smallest absolute Gasteiger partial charge is 0.251 e. The van der Waals surface area contributed by atoms with E-state index in [4.69, 9.17) is 10.2 Å². The third-order valence-corrected chi connectivity index (χ3v) is 2.01. The standard InChI is InChI=1S/C11H15NO3/c1-7-5-9(14)3-4-10(7)11(15)12-6-8(2)13/h3-5,8,13-14H,6H2,1-2H3,(H,12,15)/t8-/m1/s1. The molecule has 0 saturated heterocycles. The summed E-state index contributed by atoms with van der Waals surface area (Å²) in [7, 11) is 0. The van der Waals surface area contributed by atoms with Crippen molar-refractivity contribution >= 4 is 5.91 Å². The Balaban J connectivity index is 2.74. The third-order valence-electron chi connectivity index (χ3n) is 2.01. The van der Waals surface area contributed by atoms with Gasteiger partial charge in [0.25, 0.3) is 5.91 Å². The van der Waals surface area contributed by atoms with Gasteiger partial charge in [-0.1, -0.05) is 0 Å². The van der Waals surface area contributed by atoms with Gasteiger partial charge in [0.2, 0.25) is 0 Å². The van der Waals surface area contributed by atoms with E-state index in [-0.39, 0.29) is 18.2 Å². The lowest BCUT2D eigenvalue weighted by molar-refractivity contribution is 0.0923. The molecule has 0 heterocycles. The fourth-order valence-electron chi connectivity index (χ4n) is 1.24. The van der Waals surface area contributed by atoms with Gasteiger partial charge in [-0.3, -0.25) is 4.79 Å². The number of benzene rings is 1. The van der Waals surface area contributed by atoms with E-state index in [1.165, 1.54) is 12.1 Å². The predicted molar refractivity (Wildman–Crippen MR) is 56.9 cm³/mol. The number of aromatic hydroxyl groups is 1. The number of aryl methyl sites for hydroxylation is 1. The topological polar surface area (TPSA) is 69.6 Å². The maximum atomic E-state index is 11.6. The molecule has 1 amide bonds. The van der Waals surface area contributed by atoms with Crippen LogP contribution in [0, 0.1) is 6.92 Å². The van der Waals surface area contributed by atoms with E-state index >= 15 is 0 Å². The lowest BCUT2D eigenvalue weighted by Crippen LogP contribution is -2.30. The number of carbonyl (C=O) groups is 1. The van der Waals surface area contributed by atoms with E-state index in [2.05, 4.69) is 5.32 Å². The molecule has 15 heavy (non-hydrogen) atoms. The van der Waals surface area contributed by atoms with E-state index in [0.29, 0.717) is 11.1 Å². The van der Waals surface area contributed by atoms with E-state index < -0.39 is 6.10 Å². The zero-order chi connectivity index (χ0) is 11.4. The number of aliphatic hydroxyl groups excluding tert-OH is 1. The monoisotopic (exact) mass is 209 g/mol. The second kappa shape index (κ2) is 4.79. The van der Waals surface area contributed by atoms with Gasteiger partial charge in [0.05, 0.1) is 6.10 Å². The first-order valence-corrected chi connectivity index (χ1v) is 4.76. The fraction of sp³-hybridized carbons (Fsp3) is 0.364. The molecule has 0 spiro atoms. The second-order valence-electron chi connectivity index (χ2n) is 3.56. The molecule has 82 valence electrons. The van der Waals surface area contributed by atoms with Crippen molar-refractivity contribution in [2.24, 2.45) is 0 Å². The van der Waals surface area contributed by atoms with Gasteiger partial charge in [0.1, 0.15) is 5.75 Å². The summed E-state index contributed by atoms with van der Waals surface area (Å²) in [5.41, 5.74) is 1.21. The maximum absolute atomic E-state index is 11.6. The number of amides is 1. The second-order valence-corrected chi connectivity index (χ2v) is 3.56. The zero-order valence-corrected chi connectivity index (χ0v) is 8.82. The number of rotatable bonds is 3. The van der Waals surface area contributed by atoms with Crippen LogP contribution in [0.3, 0.4) is 0 Å². The van der Waals surface area contributed by atoms with E-state index in [0.717, 1.165) is 0 Å². The number of hydrogen-bond donors (Lipinski definition) is 3. The van der Waals surface area contributed by atoms with Crippen LogP contribution in [-0.2, 0) is 0 Å². The van der Waals surface area contributed by atoms with Crippen LogP contribution >= 0.6 is 0 Å². The summed E-state index contributed by atoms with van der Waals surface area (Å²) in [4.78, 5) is 11.6. The zero-order valence-electron chi connectivity index (χ0n) is 8.82. The Morgan fingerprint density at radius 2 is 2.20 bits per heavy atom. The molecule has 3 N–H and O–H groups in total. The summed E-state index contributed by atoms with van der Waals surface area (Å²) in [6, 6.07) is 4.55. The average molecular weight is 209 g/mol. The van der Waals surface area contributed by atoms with E-state index in [1.807, 2.05) is 0 Å². The minimum Gasteiger partial charge on any atom is -0.508 e. The number of aliphatic hydroxyl groups is 1. The van der Waals surface area contributed by atoms with Crippen LogP contribution in [-0.4, -0.2) is 28.8 Å². The van der Waals surface area contributed by atoms with Gasteiger partial charge in [0, 0.05) is 12.1 Å². The lowest BCUT2D eigenvalue weighted by Gasteiger charge is -2.09. The molecule has 0 aliphatic heterocycles. The summed E-state index contributed by atoms with van der Waals surface area (Å²) in [6.07, 6.45) is -0.564. The first-order valence-electron chi connectivity index (χ1n) is 4.76. The van der Waals surface area contributed by atoms with Gasteiger partial charge in [-0.2, -0.15) is 0 Å². The molecule has 0 aliphatic carbocycles. The third kappa shape index (κ3) is 3.25. The number of nitrogens with one attached hydrogen (secondary N) is 1. The summed E-state index contributed by atoms with van der Waals surface area (Å²) in [5, 5.41) is 20.8. The van der Waals surface area contributed by atoms with Gasteiger partial charge >= 0.3 is 0 Å². The molecule has 0 saturated carbocycles. The number of phenols is 1. The molecule has 4 heteroatoms. The summed E-state index contributed by atoms with van der Waals surface area (Å²) >= 11 is 0. The largest absolute Gasteiger partial charge is 0.508 e. The minimum atomic E-state index is -0.564. The molecular formula is C11H15NO3. The fourth-order valence-corrected chi connectivity index (χ4v) is 1.24. The quantitative estimate of drug-likeness (QED) is 0.690.